The monoisotopic (exact) mass is 297 g/mol. The molecule has 0 bridgehead atoms. The zero-order chi connectivity index (χ0) is 13.0. The fourth-order valence-electron chi connectivity index (χ4n) is 1.12. The molecule has 0 atom stereocenters. The molecule has 0 aliphatic rings. The third-order valence-electron chi connectivity index (χ3n) is 1.85. The number of anilines is 1. The second-order valence-corrected chi connectivity index (χ2v) is 5.75. The minimum absolute atomic E-state index is 0.220. The Hall–Kier alpha value is -1.36. The molecule has 92 valence electrons. The topological polar surface area (TPSA) is 74.5 Å². The number of nitrogens with one attached hydrogen (secondary N) is 1. The average Bonchev–Trinajstić information content (AvgIpc) is 2.80. The van der Waals surface area contributed by atoms with E-state index in [2.05, 4.69) is 20.5 Å². The third-order valence-corrected chi connectivity index (χ3v) is 4.03. The Morgan fingerprint density at radius 1 is 1.50 bits per heavy atom. The highest BCUT2D eigenvalue weighted by Gasteiger charge is 2.08. The number of hydrogen-bond donors (Lipinski definition) is 1. The Labute approximate surface area is 117 Å². The van der Waals surface area contributed by atoms with Crippen LogP contribution in [0.3, 0.4) is 0 Å². The quantitative estimate of drug-likeness (QED) is 0.935. The molecular formula is C10H8ClN5S2. The molecule has 0 spiro atoms. The molecule has 5 nitrogen and oxygen atoms in total. The van der Waals surface area contributed by atoms with Gasteiger partial charge in [0, 0.05) is 6.54 Å². The summed E-state index contributed by atoms with van der Waals surface area (Å²) in [5.41, 5.74) is 0.220. The van der Waals surface area contributed by atoms with Crippen molar-refractivity contribution in [3.8, 4) is 6.07 Å². The van der Waals surface area contributed by atoms with Gasteiger partial charge in [-0.15, -0.1) is 10.2 Å². The van der Waals surface area contributed by atoms with Gasteiger partial charge < -0.3 is 5.32 Å². The molecule has 0 aliphatic heterocycles. The summed E-state index contributed by atoms with van der Waals surface area (Å²) < 4.78 is 0.768. The lowest BCUT2D eigenvalue weighted by atomic mass is 10.4. The maximum atomic E-state index is 8.84. The van der Waals surface area contributed by atoms with Crippen molar-refractivity contribution in [1.29, 1.82) is 5.26 Å². The Kier molecular flexibility index (Phi) is 4.36. The number of pyridine rings is 1. The van der Waals surface area contributed by atoms with Gasteiger partial charge in [-0.25, -0.2) is 4.98 Å². The Morgan fingerprint density at radius 2 is 2.33 bits per heavy atom. The van der Waals surface area contributed by atoms with E-state index in [0.717, 1.165) is 16.0 Å². The van der Waals surface area contributed by atoms with Gasteiger partial charge in [0.1, 0.15) is 11.1 Å². The van der Waals surface area contributed by atoms with E-state index in [1.54, 1.807) is 12.1 Å². The lowest BCUT2D eigenvalue weighted by molar-refractivity contribution is 0.996. The van der Waals surface area contributed by atoms with Crippen LogP contribution < -0.4 is 5.32 Å². The van der Waals surface area contributed by atoms with Crippen LogP contribution >= 0.6 is 34.7 Å². The second kappa shape index (κ2) is 6.00. The second-order valence-electron chi connectivity index (χ2n) is 3.10. The summed E-state index contributed by atoms with van der Waals surface area (Å²) in [7, 11) is 0. The van der Waals surface area contributed by atoms with Crippen LogP contribution in [0.25, 0.3) is 0 Å². The SMILES string of the molecule is CCNc1nnc(Sc2ccc(Cl)c(C#N)n2)s1. The lowest BCUT2D eigenvalue weighted by Gasteiger charge is -1.98. The van der Waals surface area contributed by atoms with Crippen LogP contribution in [-0.4, -0.2) is 21.7 Å². The predicted octanol–water partition coefficient (Wildman–Crippen LogP) is 3.04. The van der Waals surface area contributed by atoms with E-state index in [0.29, 0.717) is 10.0 Å². The van der Waals surface area contributed by atoms with Crippen molar-refractivity contribution in [2.75, 3.05) is 11.9 Å². The Balaban J connectivity index is 2.15. The van der Waals surface area contributed by atoms with E-state index < -0.39 is 0 Å². The highest BCUT2D eigenvalue weighted by Crippen LogP contribution is 2.31. The first-order valence-corrected chi connectivity index (χ1v) is 7.06. The highest BCUT2D eigenvalue weighted by molar-refractivity contribution is 8.01. The molecule has 1 N–H and O–H groups in total. The fourth-order valence-corrected chi connectivity index (χ4v) is 3.01. The van der Waals surface area contributed by atoms with Gasteiger partial charge in [0.15, 0.2) is 10.0 Å². The molecule has 0 saturated heterocycles. The van der Waals surface area contributed by atoms with Crippen molar-refractivity contribution < 1.29 is 0 Å². The highest BCUT2D eigenvalue weighted by atomic mass is 35.5. The standard InChI is InChI=1S/C10H8ClN5S2/c1-2-13-9-15-16-10(18-9)17-8-4-3-6(11)7(5-12)14-8/h3-4H,2H2,1H3,(H,13,15). The number of nitrogens with zero attached hydrogens (tertiary/aromatic N) is 4. The molecule has 0 unspecified atom stereocenters. The smallest absolute Gasteiger partial charge is 0.206 e. The van der Waals surface area contributed by atoms with E-state index >= 15 is 0 Å². The number of rotatable bonds is 4. The summed E-state index contributed by atoms with van der Waals surface area (Å²) >= 11 is 8.62. The van der Waals surface area contributed by atoms with E-state index in [1.807, 2.05) is 13.0 Å². The van der Waals surface area contributed by atoms with E-state index in [4.69, 9.17) is 16.9 Å². The normalized spacial score (nSPS) is 10.1. The van der Waals surface area contributed by atoms with Crippen molar-refractivity contribution in [1.82, 2.24) is 15.2 Å². The van der Waals surface area contributed by atoms with Crippen LogP contribution in [0, 0.1) is 11.3 Å². The summed E-state index contributed by atoms with van der Waals surface area (Å²) in [6.45, 7) is 2.80. The van der Waals surface area contributed by atoms with Gasteiger partial charge in [-0.05, 0) is 30.8 Å². The van der Waals surface area contributed by atoms with Crippen LogP contribution in [0.5, 0.6) is 0 Å². The maximum absolute atomic E-state index is 8.84. The summed E-state index contributed by atoms with van der Waals surface area (Å²) in [5, 5.41) is 21.7. The first-order chi connectivity index (χ1) is 8.72. The number of hydrogen-bond acceptors (Lipinski definition) is 7. The molecular weight excluding hydrogens is 290 g/mol. The number of halogens is 1. The van der Waals surface area contributed by atoms with Gasteiger partial charge in [0.2, 0.25) is 5.13 Å². The van der Waals surface area contributed by atoms with Crippen molar-refractivity contribution in [2.24, 2.45) is 0 Å². The van der Waals surface area contributed by atoms with Crippen LogP contribution in [0.2, 0.25) is 5.02 Å². The third kappa shape index (κ3) is 3.10. The fraction of sp³-hybridized carbons (Fsp3) is 0.200. The summed E-state index contributed by atoms with van der Waals surface area (Å²) in [4.78, 5) is 4.13. The molecule has 0 aromatic carbocycles. The van der Waals surface area contributed by atoms with E-state index in [1.165, 1.54) is 23.1 Å². The molecule has 0 aliphatic carbocycles. The first-order valence-electron chi connectivity index (χ1n) is 5.04. The van der Waals surface area contributed by atoms with Crippen LogP contribution in [0.15, 0.2) is 21.5 Å². The average molecular weight is 298 g/mol. The minimum Gasteiger partial charge on any atom is -0.360 e. The molecule has 18 heavy (non-hydrogen) atoms. The van der Waals surface area contributed by atoms with Crippen LogP contribution in [0.1, 0.15) is 12.6 Å². The molecule has 0 radical (unpaired) electrons. The molecule has 0 saturated carbocycles. The van der Waals surface area contributed by atoms with Gasteiger partial charge in [0.25, 0.3) is 0 Å². The van der Waals surface area contributed by atoms with Crippen LogP contribution in [-0.2, 0) is 0 Å². The maximum Gasteiger partial charge on any atom is 0.206 e. The predicted molar refractivity (Wildman–Crippen MR) is 72.2 cm³/mol. The molecule has 2 aromatic rings. The van der Waals surface area contributed by atoms with Gasteiger partial charge in [-0.3, -0.25) is 0 Å². The number of nitriles is 1. The summed E-state index contributed by atoms with van der Waals surface area (Å²) in [5.74, 6) is 0. The van der Waals surface area contributed by atoms with Crippen molar-refractivity contribution in [3.05, 3.63) is 22.8 Å². The summed E-state index contributed by atoms with van der Waals surface area (Å²) in [6.07, 6.45) is 0. The summed E-state index contributed by atoms with van der Waals surface area (Å²) in [6, 6.07) is 5.35. The first kappa shape index (κ1) is 13.1. The molecule has 2 heterocycles. The van der Waals surface area contributed by atoms with Gasteiger partial charge in [0.05, 0.1) is 5.02 Å². The Bertz CT molecular complexity index is 592. The molecule has 0 fully saturated rings. The number of aromatic nitrogens is 3. The van der Waals surface area contributed by atoms with Gasteiger partial charge >= 0.3 is 0 Å². The van der Waals surface area contributed by atoms with Crippen molar-refractivity contribution in [3.63, 3.8) is 0 Å². The Morgan fingerprint density at radius 3 is 3.06 bits per heavy atom. The van der Waals surface area contributed by atoms with E-state index in [-0.39, 0.29) is 5.69 Å². The van der Waals surface area contributed by atoms with Gasteiger partial charge in [-0.2, -0.15) is 5.26 Å². The zero-order valence-electron chi connectivity index (χ0n) is 9.35. The van der Waals surface area contributed by atoms with Gasteiger partial charge in [-0.1, -0.05) is 22.9 Å². The van der Waals surface area contributed by atoms with Crippen LogP contribution in [0.4, 0.5) is 5.13 Å². The molecule has 0 amide bonds. The molecule has 2 rings (SSSR count). The lowest BCUT2D eigenvalue weighted by Crippen LogP contribution is -1.94. The molecule has 8 heteroatoms. The zero-order valence-corrected chi connectivity index (χ0v) is 11.7. The minimum atomic E-state index is 0.220. The molecule has 2 aromatic heterocycles. The van der Waals surface area contributed by atoms with Crippen molar-refractivity contribution in [2.45, 2.75) is 16.3 Å². The van der Waals surface area contributed by atoms with Crippen molar-refractivity contribution >= 4 is 39.8 Å². The largest absolute Gasteiger partial charge is 0.360 e. The van der Waals surface area contributed by atoms with E-state index in [9.17, 15) is 0 Å².